The number of anilines is 2. The van der Waals surface area contributed by atoms with E-state index in [1.54, 1.807) is 6.07 Å². The van der Waals surface area contributed by atoms with E-state index in [0.29, 0.717) is 10.7 Å². The predicted molar refractivity (Wildman–Crippen MR) is 123 cm³/mol. The molecule has 3 rings (SSSR count). The van der Waals surface area contributed by atoms with Crippen LogP contribution in [0.1, 0.15) is 53.7 Å². The molecule has 6 heteroatoms. The number of benzene rings is 2. The van der Waals surface area contributed by atoms with Gasteiger partial charge in [0, 0.05) is 24.5 Å². The first kappa shape index (κ1) is 21.1. The van der Waals surface area contributed by atoms with Gasteiger partial charge in [-0.2, -0.15) is 0 Å². The highest BCUT2D eigenvalue weighted by Crippen LogP contribution is 2.23. The number of methoxy groups -OCH3 is 1. The second-order valence-electron chi connectivity index (χ2n) is 7.43. The van der Waals surface area contributed by atoms with Gasteiger partial charge in [-0.05, 0) is 80.7 Å². The summed E-state index contributed by atoms with van der Waals surface area (Å²) in [6.07, 6.45) is 3.88. The van der Waals surface area contributed by atoms with E-state index in [2.05, 4.69) is 46.7 Å². The molecule has 1 saturated heterocycles. The second kappa shape index (κ2) is 9.74. The summed E-state index contributed by atoms with van der Waals surface area (Å²) < 4.78 is 4.83. The number of hydrogen-bond acceptors (Lipinski definition) is 4. The second-order valence-corrected chi connectivity index (χ2v) is 7.84. The molecule has 1 atom stereocenters. The maximum Gasteiger partial charge on any atom is 0.338 e. The van der Waals surface area contributed by atoms with Crippen LogP contribution in [-0.4, -0.2) is 31.3 Å². The summed E-state index contributed by atoms with van der Waals surface area (Å²) in [4.78, 5) is 14.3. The van der Waals surface area contributed by atoms with Crippen molar-refractivity contribution in [2.75, 3.05) is 30.4 Å². The SMILES string of the molecule is COC(=O)c1cccc(NC(=S)N[C@@H](C)c2ccc(N3CCCCC3)cc2)c1C. The fourth-order valence-corrected chi connectivity index (χ4v) is 3.95. The van der Waals surface area contributed by atoms with Gasteiger partial charge < -0.3 is 20.3 Å². The summed E-state index contributed by atoms with van der Waals surface area (Å²) in [5, 5.41) is 7.04. The number of ether oxygens (including phenoxy) is 1. The van der Waals surface area contributed by atoms with Gasteiger partial charge in [0.15, 0.2) is 5.11 Å². The quantitative estimate of drug-likeness (QED) is 0.543. The minimum Gasteiger partial charge on any atom is -0.465 e. The highest BCUT2D eigenvalue weighted by atomic mass is 32.1. The molecule has 0 spiro atoms. The zero-order chi connectivity index (χ0) is 20.8. The summed E-state index contributed by atoms with van der Waals surface area (Å²) in [6.45, 7) is 6.25. The first-order valence-corrected chi connectivity index (χ1v) is 10.5. The Hall–Kier alpha value is -2.60. The number of hydrogen-bond donors (Lipinski definition) is 2. The third-order valence-corrected chi connectivity index (χ3v) is 5.67. The van der Waals surface area contributed by atoms with E-state index in [4.69, 9.17) is 17.0 Å². The number of carbonyl (C=O) groups is 1. The van der Waals surface area contributed by atoms with Gasteiger partial charge >= 0.3 is 5.97 Å². The molecule has 1 aliphatic rings. The van der Waals surface area contributed by atoms with Crippen molar-refractivity contribution < 1.29 is 9.53 Å². The standard InChI is InChI=1S/C23H29N3O2S/c1-16-20(22(27)28-3)8-7-9-21(16)25-23(29)24-17(2)18-10-12-19(13-11-18)26-14-5-4-6-15-26/h7-13,17H,4-6,14-15H2,1-3H3,(H2,24,25,29)/t17-/m0/s1. The lowest BCUT2D eigenvalue weighted by atomic mass is 10.1. The number of rotatable bonds is 5. The van der Waals surface area contributed by atoms with Gasteiger partial charge in [-0.15, -0.1) is 0 Å². The molecule has 0 amide bonds. The third-order valence-electron chi connectivity index (χ3n) is 5.45. The molecule has 5 nitrogen and oxygen atoms in total. The lowest BCUT2D eigenvalue weighted by Gasteiger charge is -2.29. The largest absolute Gasteiger partial charge is 0.465 e. The minimum absolute atomic E-state index is 0.0644. The predicted octanol–water partition coefficient (Wildman–Crippen LogP) is 4.82. The van der Waals surface area contributed by atoms with Crippen molar-refractivity contribution in [3.05, 3.63) is 59.2 Å². The first-order valence-electron chi connectivity index (χ1n) is 10.1. The smallest absolute Gasteiger partial charge is 0.338 e. The monoisotopic (exact) mass is 411 g/mol. The molecule has 1 fully saturated rings. The van der Waals surface area contributed by atoms with Crippen molar-refractivity contribution >= 4 is 34.7 Å². The summed E-state index contributed by atoms with van der Waals surface area (Å²) in [6, 6.07) is 14.2. The van der Waals surface area contributed by atoms with E-state index in [1.807, 2.05) is 19.1 Å². The Kier molecular flexibility index (Phi) is 7.09. The van der Waals surface area contributed by atoms with Gasteiger partial charge in [0.25, 0.3) is 0 Å². The van der Waals surface area contributed by atoms with Crippen LogP contribution >= 0.6 is 12.2 Å². The van der Waals surface area contributed by atoms with Gasteiger partial charge in [0.05, 0.1) is 18.7 Å². The average molecular weight is 412 g/mol. The van der Waals surface area contributed by atoms with Gasteiger partial charge in [-0.25, -0.2) is 4.79 Å². The van der Waals surface area contributed by atoms with Crippen LogP contribution in [0.3, 0.4) is 0 Å². The van der Waals surface area contributed by atoms with Crippen molar-refractivity contribution in [2.45, 2.75) is 39.2 Å². The number of nitrogens with one attached hydrogen (secondary N) is 2. The molecule has 0 aliphatic carbocycles. The summed E-state index contributed by atoms with van der Waals surface area (Å²) >= 11 is 5.49. The fraction of sp³-hybridized carbons (Fsp3) is 0.391. The Balaban J connectivity index is 1.61. The van der Waals surface area contributed by atoms with E-state index in [0.717, 1.165) is 24.3 Å². The van der Waals surface area contributed by atoms with Crippen molar-refractivity contribution in [3.63, 3.8) is 0 Å². The van der Waals surface area contributed by atoms with E-state index in [1.165, 1.54) is 37.6 Å². The van der Waals surface area contributed by atoms with Crippen molar-refractivity contribution in [2.24, 2.45) is 0 Å². The molecule has 0 bridgehead atoms. The normalized spacial score (nSPS) is 14.8. The molecule has 0 unspecified atom stereocenters. The van der Waals surface area contributed by atoms with Gasteiger partial charge in [0.1, 0.15) is 0 Å². The Morgan fingerprint density at radius 1 is 1.10 bits per heavy atom. The molecular weight excluding hydrogens is 382 g/mol. The van der Waals surface area contributed by atoms with Crippen molar-refractivity contribution in [3.8, 4) is 0 Å². The Bertz CT molecular complexity index is 861. The molecule has 1 aliphatic heterocycles. The van der Waals surface area contributed by atoms with Crippen LogP contribution in [0.5, 0.6) is 0 Å². The average Bonchev–Trinajstić information content (AvgIpc) is 2.75. The van der Waals surface area contributed by atoms with E-state index < -0.39 is 0 Å². The molecule has 0 aromatic heterocycles. The fourth-order valence-electron chi connectivity index (χ4n) is 3.67. The van der Waals surface area contributed by atoms with E-state index in [-0.39, 0.29) is 12.0 Å². The molecule has 1 heterocycles. The lowest BCUT2D eigenvalue weighted by molar-refractivity contribution is 0.0600. The number of thiocarbonyl (C=S) groups is 1. The minimum atomic E-state index is -0.354. The summed E-state index contributed by atoms with van der Waals surface area (Å²) in [7, 11) is 1.38. The van der Waals surface area contributed by atoms with Gasteiger partial charge in [-0.1, -0.05) is 18.2 Å². The van der Waals surface area contributed by atoms with Crippen molar-refractivity contribution in [1.82, 2.24) is 5.32 Å². The zero-order valence-electron chi connectivity index (χ0n) is 17.3. The maximum atomic E-state index is 11.9. The highest BCUT2D eigenvalue weighted by molar-refractivity contribution is 7.80. The van der Waals surface area contributed by atoms with Crippen LogP contribution in [-0.2, 0) is 4.74 Å². The van der Waals surface area contributed by atoms with Gasteiger partial charge in [-0.3, -0.25) is 0 Å². The Labute approximate surface area is 178 Å². The molecule has 0 radical (unpaired) electrons. The van der Waals surface area contributed by atoms with E-state index in [9.17, 15) is 4.79 Å². The molecule has 0 saturated carbocycles. The van der Waals surface area contributed by atoms with Crippen LogP contribution < -0.4 is 15.5 Å². The third kappa shape index (κ3) is 5.26. The topological polar surface area (TPSA) is 53.6 Å². The van der Waals surface area contributed by atoms with Crippen LogP contribution in [0.15, 0.2) is 42.5 Å². The molecule has 154 valence electrons. The number of piperidine rings is 1. The summed E-state index contributed by atoms with van der Waals surface area (Å²) in [5.74, 6) is -0.354. The Morgan fingerprint density at radius 2 is 1.79 bits per heavy atom. The first-order chi connectivity index (χ1) is 14.0. The lowest BCUT2D eigenvalue weighted by Crippen LogP contribution is -2.31. The van der Waals surface area contributed by atoms with Crippen LogP contribution in [0.4, 0.5) is 11.4 Å². The van der Waals surface area contributed by atoms with E-state index >= 15 is 0 Å². The van der Waals surface area contributed by atoms with Crippen LogP contribution in [0, 0.1) is 6.92 Å². The number of carbonyl (C=O) groups excluding carboxylic acids is 1. The molecular formula is C23H29N3O2S. The van der Waals surface area contributed by atoms with Crippen molar-refractivity contribution in [1.29, 1.82) is 0 Å². The van der Waals surface area contributed by atoms with Crippen LogP contribution in [0.25, 0.3) is 0 Å². The highest BCUT2D eigenvalue weighted by Gasteiger charge is 2.14. The zero-order valence-corrected chi connectivity index (χ0v) is 18.1. The van der Waals surface area contributed by atoms with Gasteiger partial charge in [0.2, 0.25) is 0 Å². The summed E-state index contributed by atoms with van der Waals surface area (Å²) in [5.41, 5.74) is 4.59. The van der Waals surface area contributed by atoms with Crippen LogP contribution in [0.2, 0.25) is 0 Å². The number of nitrogens with zero attached hydrogens (tertiary/aromatic N) is 1. The maximum absolute atomic E-state index is 11.9. The molecule has 2 aromatic rings. The Morgan fingerprint density at radius 3 is 2.45 bits per heavy atom. The molecule has 29 heavy (non-hydrogen) atoms. The molecule has 2 N–H and O–H groups in total. The molecule has 2 aromatic carbocycles. The number of esters is 1.